The van der Waals surface area contributed by atoms with Gasteiger partial charge in [-0.3, -0.25) is 15.0 Å². The fraction of sp³-hybridized carbons (Fsp3) is 0.571. The summed E-state index contributed by atoms with van der Waals surface area (Å²) in [5.74, 6) is -0.182. The van der Waals surface area contributed by atoms with E-state index >= 15 is 0 Å². The predicted octanol–water partition coefficient (Wildman–Crippen LogP) is 0.304. The first kappa shape index (κ1) is 9.25. The molecule has 1 aliphatic carbocycles. The van der Waals surface area contributed by atoms with Crippen LogP contribution in [0.2, 0.25) is 0 Å². The molecule has 0 aliphatic heterocycles. The maximum Gasteiger partial charge on any atom is 0.153 e. The summed E-state index contributed by atoms with van der Waals surface area (Å²) in [4.78, 5) is 22.3. The Bertz CT molecular complexity index is 224. The topological polar surface area (TPSA) is 84.0 Å². The molecule has 0 bridgehead atoms. The predicted molar refractivity (Wildman–Crippen MR) is 47.2 cm³/mol. The van der Waals surface area contributed by atoms with Crippen LogP contribution < -0.4 is 5.73 Å². The Morgan fingerprint density at radius 2 is 1.92 bits per heavy atom. The van der Waals surface area contributed by atoms with Crippen LogP contribution in [0.5, 0.6) is 0 Å². The van der Waals surface area contributed by atoms with Crippen molar-refractivity contribution in [1.82, 2.24) is 0 Å². The SMILES string of the molecule is N=C(N)SC1C(=O)CCCC1=O. The number of rotatable bonds is 1. The smallest absolute Gasteiger partial charge is 0.153 e. The van der Waals surface area contributed by atoms with E-state index in [1.165, 1.54) is 0 Å². The van der Waals surface area contributed by atoms with Gasteiger partial charge in [-0.2, -0.15) is 0 Å². The van der Waals surface area contributed by atoms with E-state index < -0.39 is 5.25 Å². The second-order valence-corrected chi connectivity index (χ2v) is 3.80. The van der Waals surface area contributed by atoms with Gasteiger partial charge in [-0.1, -0.05) is 11.8 Å². The highest BCUT2D eigenvalue weighted by Crippen LogP contribution is 2.22. The second-order valence-electron chi connectivity index (χ2n) is 2.65. The lowest BCUT2D eigenvalue weighted by molar-refractivity contribution is -0.128. The Morgan fingerprint density at radius 1 is 1.42 bits per heavy atom. The molecule has 0 saturated heterocycles. The Kier molecular flexibility index (Phi) is 2.86. The average Bonchev–Trinajstić information content (AvgIpc) is 1.97. The molecule has 66 valence electrons. The fourth-order valence-electron chi connectivity index (χ4n) is 1.14. The van der Waals surface area contributed by atoms with E-state index in [2.05, 4.69) is 0 Å². The lowest BCUT2D eigenvalue weighted by Crippen LogP contribution is -2.33. The number of carbonyl (C=O) groups is 2. The molecule has 0 heterocycles. The van der Waals surface area contributed by atoms with Crippen LogP contribution >= 0.6 is 11.8 Å². The van der Waals surface area contributed by atoms with Crippen molar-refractivity contribution in [2.45, 2.75) is 24.5 Å². The lowest BCUT2D eigenvalue weighted by Gasteiger charge is -2.17. The third kappa shape index (κ3) is 2.07. The third-order valence-electron chi connectivity index (χ3n) is 1.68. The molecule has 0 amide bonds. The highest BCUT2D eigenvalue weighted by Gasteiger charge is 2.30. The van der Waals surface area contributed by atoms with Gasteiger partial charge in [0.25, 0.3) is 0 Å². The van der Waals surface area contributed by atoms with E-state index in [1.54, 1.807) is 0 Å². The number of thioether (sulfide) groups is 1. The minimum atomic E-state index is -0.698. The molecule has 0 aromatic rings. The van der Waals surface area contributed by atoms with Gasteiger partial charge in [0.05, 0.1) is 0 Å². The Balaban J connectivity index is 2.63. The molecular formula is C7H10N2O2S. The Morgan fingerprint density at radius 3 is 2.33 bits per heavy atom. The minimum Gasteiger partial charge on any atom is -0.379 e. The quantitative estimate of drug-likeness (QED) is 0.350. The van der Waals surface area contributed by atoms with Crippen LogP contribution in [0.25, 0.3) is 0 Å². The van der Waals surface area contributed by atoms with E-state index in [4.69, 9.17) is 11.1 Å². The summed E-state index contributed by atoms with van der Waals surface area (Å²) >= 11 is 0.854. The largest absolute Gasteiger partial charge is 0.379 e. The van der Waals surface area contributed by atoms with E-state index in [9.17, 15) is 9.59 Å². The molecular weight excluding hydrogens is 176 g/mol. The summed E-state index contributed by atoms with van der Waals surface area (Å²) in [7, 11) is 0. The summed E-state index contributed by atoms with van der Waals surface area (Å²) in [6.07, 6.45) is 1.53. The van der Waals surface area contributed by atoms with E-state index in [1.807, 2.05) is 0 Å². The molecule has 3 N–H and O–H groups in total. The number of ketones is 2. The fourth-order valence-corrected chi connectivity index (χ4v) is 1.89. The van der Waals surface area contributed by atoms with Crippen LogP contribution in [0.3, 0.4) is 0 Å². The van der Waals surface area contributed by atoms with Crippen molar-refractivity contribution >= 4 is 28.5 Å². The summed E-state index contributed by atoms with van der Waals surface area (Å²) in [6.45, 7) is 0. The monoisotopic (exact) mass is 186 g/mol. The zero-order valence-electron chi connectivity index (χ0n) is 6.50. The van der Waals surface area contributed by atoms with Crippen LogP contribution in [-0.4, -0.2) is 22.0 Å². The molecule has 1 saturated carbocycles. The van der Waals surface area contributed by atoms with Crippen LogP contribution in [-0.2, 0) is 9.59 Å². The molecule has 1 aliphatic rings. The summed E-state index contributed by atoms with van der Waals surface area (Å²) in [6, 6.07) is 0. The molecule has 0 aromatic heterocycles. The normalized spacial score (nSPS) is 19.7. The van der Waals surface area contributed by atoms with Gasteiger partial charge in [-0.25, -0.2) is 0 Å². The maximum absolute atomic E-state index is 11.1. The van der Waals surface area contributed by atoms with Gasteiger partial charge in [-0.15, -0.1) is 0 Å². The molecule has 0 aromatic carbocycles. The first-order valence-corrected chi connectivity index (χ1v) is 4.55. The van der Waals surface area contributed by atoms with Gasteiger partial charge < -0.3 is 5.73 Å². The minimum absolute atomic E-state index is 0.0912. The van der Waals surface area contributed by atoms with Gasteiger partial charge in [0.15, 0.2) is 16.7 Å². The van der Waals surface area contributed by atoms with Crippen LogP contribution in [0, 0.1) is 5.41 Å². The number of carbonyl (C=O) groups excluding carboxylic acids is 2. The Hall–Kier alpha value is -0.840. The van der Waals surface area contributed by atoms with E-state index in [-0.39, 0.29) is 16.7 Å². The molecule has 1 fully saturated rings. The highest BCUT2D eigenvalue weighted by atomic mass is 32.2. The molecule has 0 radical (unpaired) electrons. The van der Waals surface area contributed by atoms with Crippen molar-refractivity contribution in [2.24, 2.45) is 5.73 Å². The number of hydrogen-bond donors (Lipinski definition) is 2. The number of Topliss-reactive ketones (excluding diaryl/α,β-unsaturated/α-hetero) is 2. The van der Waals surface area contributed by atoms with E-state index in [0.717, 1.165) is 11.8 Å². The molecule has 4 nitrogen and oxygen atoms in total. The zero-order valence-corrected chi connectivity index (χ0v) is 7.32. The van der Waals surface area contributed by atoms with Gasteiger partial charge in [0.2, 0.25) is 0 Å². The van der Waals surface area contributed by atoms with Crippen molar-refractivity contribution in [3.05, 3.63) is 0 Å². The number of nitrogens with two attached hydrogens (primary N) is 1. The number of hydrogen-bond acceptors (Lipinski definition) is 4. The van der Waals surface area contributed by atoms with Crippen molar-refractivity contribution < 1.29 is 9.59 Å². The molecule has 0 unspecified atom stereocenters. The van der Waals surface area contributed by atoms with Crippen LogP contribution in [0.15, 0.2) is 0 Å². The lowest BCUT2D eigenvalue weighted by atomic mass is 9.98. The van der Waals surface area contributed by atoms with E-state index in [0.29, 0.717) is 19.3 Å². The zero-order chi connectivity index (χ0) is 9.14. The van der Waals surface area contributed by atoms with Crippen molar-refractivity contribution in [3.63, 3.8) is 0 Å². The molecule has 1 rings (SSSR count). The molecule has 5 heteroatoms. The summed E-state index contributed by atoms with van der Waals surface area (Å²) < 4.78 is 0. The van der Waals surface area contributed by atoms with Crippen LogP contribution in [0.4, 0.5) is 0 Å². The van der Waals surface area contributed by atoms with Gasteiger partial charge in [0.1, 0.15) is 5.25 Å². The van der Waals surface area contributed by atoms with Crippen LogP contribution in [0.1, 0.15) is 19.3 Å². The first-order valence-electron chi connectivity index (χ1n) is 3.67. The maximum atomic E-state index is 11.1. The average molecular weight is 186 g/mol. The Labute approximate surface area is 74.4 Å². The number of amidine groups is 1. The van der Waals surface area contributed by atoms with Crippen molar-refractivity contribution in [2.75, 3.05) is 0 Å². The highest BCUT2D eigenvalue weighted by molar-refractivity contribution is 8.15. The van der Waals surface area contributed by atoms with Gasteiger partial charge >= 0.3 is 0 Å². The first-order chi connectivity index (χ1) is 5.61. The standard InChI is InChI=1S/C7H10N2O2S/c8-7(9)12-6-4(10)2-1-3-5(6)11/h6H,1-3H2,(H3,8,9). The molecule has 12 heavy (non-hydrogen) atoms. The van der Waals surface area contributed by atoms with Gasteiger partial charge in [-0.05, 0) is 6.42 Å². The molecule has 0 atom stereocenters. The summed E-state index contributed by atoms with van der Waals surface area (Å²) in [5.41, 5.74) is 5.09. The van der Waals surface area contributed by atoms with Crippen molar-refractivity contribution in [1.29, 1.82) is 5.41 Å². The van der Waals surface area contributed by atoms with Crippen molar-refractivity contribution in [3.8, 4) is 0 Å². The molecule has 0 spiro atoms. The van der Waals surface area contributed by atoms with Gasteiger partial charge in [0, 0.05) is 12.8 Å². The third-order valence-corrected chi connectivity index (χ3v) is 2.69. The second kappa shape index (κ2) is 3.71. The summed E-state index contributed by atoms with van der Waals surface area (Å²) in [5, 5.41) is 6.09. The number of nitrogens with one attached hydrogen (secondary N) is 1.